The summed E-state index contributed by atoms with van der Waals surface area (Å²) in [5, 5.41) is 2.93. The van der Waals surface area contributed by atoms with E-state index in [1.807, 2.05) is 30.3 Å². The Labute approximate surface area is 147 Å². The van der Waals surface area contributed by atoms with Gasteiger partial charge in [-0.25, -0.2) is 0 Å². The van der Waals surface area contributed by atoms with Crippen molar-refractivity contribution in [2.24, 2.45) is 5.73 Å². The lowest BCUT2D eigenvalue weighted by Crippen LogP contribution is -2.28. The molecule has 2 aromatic carbocycles. The van der Waals surface area contributed by atoms with Gasteiger partial charge in [-0.2, -0.15) is 0 Å². The van der Waals surface area contributed by atoms with E-state index in [0.717, 1.165) is 30.4 Å². The molecule has 0 spiro atoms. The summed E-state index contributed by atoms with van der Waals surface area (Å²) in [6.45, 7) is 1.09. The molecule has 130 valence electrons. The molecule has 2 aromatic rings. The highest BCUT2D eigenvalue weighted by molar-refractivity contribution is 5.94. The Balaban J connectivity index is 1.90. The van der Waals surface area contributed by atoms with Crippen LogP contribution < -0.4 is 15.8 Å². The first-order chi connectivity index (χ1) is 12.1. The van der Waals surface area contributed by atoms with Crippen molar-refractivity contribution in [1.82, 2.24) is 5.32 Å². The molecule has 1 aliphatic heterocycles. The first kappa shape index (κ1) is 17.0. The van der Waals surface area contributed by atoms with Crippen LogP contribution in [0.1, 0.15) is 46.7 Å². The number of hydrogen-bond acceptors (Lipinski definition) is 3. The zero-order chi connectivity index (χ0) is 17.6. The maximum absolute atomic E-state index is 12.4. The van der Waals surface area contributed by atoms with Crippen molar-refractivity contribution >= 4 is 11.8 Å². The SMILES string of the molecule is NC(=O)c1ccc(OCc2ccccc2)c(C2CCCCNC2=O)c1. The fourth-order valence-corrected chi connectivity index (χ4v) is 3.08. The fraction of sp³-hybridized carbons (Fsp3) is 0.300. The highest BCUT2D eigenvalue weighted by Gasteiger charge is 2.26. The topological polar surface area (TPSA) is 81.4 Å². The summed E-state index contributed by atoms with van der Waals surface area (Å²) in [5.74, 6) is -0.239. The molecule has 5 heteroatoms. The monoisotopic (exact) mass is 338 g/mol. The van der Waals surface area contributed by atoms with Gasteiger partial charge >= 0.3 is 0 Å². The Kier molecular flexibility index (Phi) is 5.33. The van der Waals surface area contributed by atoms with E-state index >= 15 is 0 Å². The molecule has 25 heavy (non-hydrogen) atoms. The van der Waals surface area contributed by atoms with Crippen LogP contribution >= 0.6 is 0 Å². The van der Waals surface area contributed by atoms with E-state index < -0.39 is 5.91 Å². The third-order valence-electron chi connectivity index (χ3n) is 4.44. The van der Waals surface area contributed by atoms with Crippen LogP contribution in [0.2, 0.25) is 0 Å². The van der Waals surface area contributed by atoms with Crippen LogP contribution in [-0.2, 0) is 11.4 Å². The van der Waals surface area contributed by atoms with Crippen LogP contribution in [0.4, 0.5) is 0 Å². The summed E-state index contributed by atoms with van der Waals surface area (Å²) < 4.78 is 5.97. The number of rotatable bonds is 5. The Morgan fingerprint density at radius 2 is 1.96 bits per heavy atom. The third-order valence-corrected chi connectivity index (χ3v) is 4.44. The Morgan fingerprint density at radius 1 is 1.16 bits per heavy atom. The van der Waals surface area contributed by atoms with Crippen molar-refractivity contribution in [3.05, 3.63) is 65.2 Å². The standard InChI is InChI=1S/C20H22N2O3/c21-19(23)15-9-10-18(25-13-14-6-2-1-3-7-14)17(12-15)16-8-4-5-11-22-20(16)24/h1-3,6-7,9-10,12,16H,4-5,8,11,13H2,(H2,21,23)(H,22,24). The van der Waals surface area contributed by atoms with Gasteiger partial charge in [-0.1, -0.05) is 36.8 Å². The lowest BCUT2D eigenvalue weighted by atomic mass is 9.91. The van der Waals surface area contributed by atoms with Crippen LogP contribution in [0.5, 0.6) is 5.75 Å². The molecule has 1 saturated heterocycles. The van der Waals surface area contributed by atoms with Gasteiger partial charge in [-0.3, -0.25) is 9.59 Å². The molecule has 1 aliphatic rings. The molecule has 0 aromatic heterocycles. The molecule has 5 nitrogen and oxygen atoms in total. The van der Waals surface area contributed by atoms with Gasteiger partial charge in [0.2, 0.25) is 11.8 Å². The first-order valence-corrected chi connectivity index (χ1v) is 8.53. The maximum Gasteiger partial charge on any atom is 0.248 e. The summed E-state index contributed by atoms with van der Waals surface area (Å²) in [6, 6.07) is 14.9. The molecule has 3 rings (SSSR count). The van der Waals surface area contributed by atoms with Gasteiger partial charge in [-0.05, 0) is 36.6 Å². The van der Waals surface area contributed by atoms with Crippen LogP contribution in [-0.4, -0.2) is 18.4 Å². The Hall–Kier alpha value is -2.82. The highest BCUT2D eigenvalue weighted by Crippen LogP contribution is 2.33. The van der Waals surface area contributed by atoms with Gasteiger partial charge < -0.3 is 15.8 Å². The van der Waals surface area contributed by atoms with Gasteiger partial charge in [0.15, 0.2) is 0 Å². The predicted octanol–water partition coefficient (Wildman–Crippen LogP) is 2.75. The lowest BCUT2D eigenvalue weighted by Gasteiger charge is -2.19. The van der Waals surface area contributed by atoms with Crippen molar-refractivity contribution in [2.75, 3.05) is 6.54 Å². The van der Waals surface area contributed by atoms with E-state index in [9.17, 15) is 9.59 Å². The number of carbonyl (C=O) groups is 2. The van der Waals surface area contributed by atoms with E-state index in [-0.39, 0.29) is 11.8 Å². The van der Waals surface area contributed by atoms with Crippen molar-refractivity contribution in [1.29, 1.82) is 0 Å². The summed E-state index contributed by atoms with van der Waals surface area (Å²) in [6.07, 6.45) is 2.63. The Morgan fingerprint density at radius 3 is 2.72 bits per heavy atom. The molecule has 0 bridgehead atoms. The lowest BCUT2D eigenvalue weighted by molar-refractivity contribution is -0.122. The zero-order valence-corrected chi connectivity index (χ0v) is 14.0. The number of primary amides is 1. The third kappa shape index (κ3) is 4.18. The largest absolute Gasteiger partial charge is 0.489 e. The van der Waals surface area contributed by atoms with E-state index in [1.54, 1.807) is 18.2 Å². The summed E-state index contributed by atoms with van der Waals surface area (Å²) in [7, 11) is 0. The van der Waals surface area contributed by atoms with E-state index in [0.29, 0.717) is 24.5 Å². The van der Waals surface area contributed by atoms with E-state index in [2.05, 4.69) is 5.32 Å². The second-order valence-electron chi connectivity index (χ2n) is 6.23. The highest BCUT2D eigenvalue weighted by atomic mass is 16.5. The van der Waals surface area contributed by atoms with Crippen LogP contribution in [0.25, 0.3) is 0 Å². The van der Waals surface area contributed by atoms with Gasteiger partial charge in [0.05, 0.1) is 5.92 Å². The molecular weight excluding hydrogens is 316 g/mol. The van der Waals surface area contributed by atoms with Crippen molar-refractivity contribution < 1.29 is 14.3 Å². The van der Waals surface area contributed by atoms with Gasteiger partial charge in [-0.15, -0.1) is 0 Å². The first-order valence-electron chi connectivity index (χ1n) is 8.53. The van der Waals surface area contributed by atoms with Crippen LogP contribution in [0.3, 0.4) is 0 Å². The number of benzene rings is 2. The van der Waals surface area contributed by atoms with Gasteiger partial charge in [0.25, 0.3) is 0 Å². The predicted molar refractivity (Wildman–Crippen MR) is 95.3 cm³/mol. The summed E-state index contributed by atoms with van der Waals surface area (Å²) >= 11 is 0. The average Bonchev–Trinajstić information content (AvgIpc) is 2.85. The van der Waals surface area contributed by atoms with Crippen molar-refractivity contribution in [3.63, 3.8) is 0 Å². The molecule has 3 N–H and O–H groups in total. The number of ether oxygens (including phenoxy) is 1. The zero-order valence-electron chi connectivity index (χ0n) is 14.0. The number of hydrogen-bond donors (Lipinski definition) is 2. The second-order valence-corrected chi connectivity index (χ2v) is 6.23. The molecule has 0 saturated carbocycles. The molecule has 0 aliphatic carbocycles. The normalized spacial score (nSPS) is 17.4. The average molecular weight is 338 g/mol. The number of carbonyl (C=O) groups excluding carboxylic acids is 2. The summed E-state index contributed by atoms with van der Waals surface area (Å²) in [4.78, 5) is 24.0. The van der Waals surface area contributed by atoms with Crippen LogP contribution in [0.15, 0.2) is 48.5 Å². The minimum absolute atomic E-state index is 0.0244. The molecule has 1 heterocycles. The molecule has 2 amide bonds. The van der Waals surface area contributed by atoms with Crippen LogP contribution in [0, 0.1) is 0 Å². The van der Waals surface area contributed by atoms with Crippen molar-refractivity contribution in [3.8, 4) is 5.75 Å². The van der Waals surface area contributed by atoms with Gasteiger partial charge in [0, 0.05) is 17.7 Å². The fourth-order valence-electron chi connectivity index (χ4n) is 3.08. The van der Waals surface area contributed by atoms with Gasteiger partial charge in [0.1, 0.15) is 12.4 Å². The molecule has 1 atom stereocenters. The summed E-state index contributed by atoms with van der Waals surface area (Å²) in [5.41, 5.74) is 7.57. The quantitative estimate of drug-likeness (QED) is 0.879. The molecule has 0 radical (unpaired) electrons. The molecule has 1 fully saturated rings. The smallest absolute Gasteiger partial charge is 0.248 e. The Bertz CT molecular complexity index is 759. The maximum atomic E-state index is 12.4. The number of nitrogens with two attached hydrogens (primary N) is 1. The second kappa shape index (κ2) is 7.83. The molecular formula is C20H22N2O3. The molecule has 1 unspecified atom stereocenters. The number of nitrogens with one attached hydrogen (secondary N) is 1. The number of amides is 2. The minimum atomic E-state index is -0.509. The van der Waals surface area contributed by atoms with E-state index in [4.69, 9.17) is 10.5 Å². The van der Waals surface area contributed by atoms with E-state index in [1.165, 1.54) is 0 Å². The van der Waals surface area contributed by atoms with Crippen molar-refractivity contribution in [2.45, 2.75) is 31.8 Å². The minimum Gasteiger partial charge on any atom is -0.489 e.